The summed E-state index contributed by atoms with van der Waals surface area (Å²) in [7, 11) is 1.35. The van der Waals surface area contributed by atoms with E-state index >= 15 is 0 Å². The molecule has 0 saturated heterocycles. The van der Waals surface area contributed by atoms with Gasteiger partial charge in [0, 0.05) is 5.69 Å². The van der Waals surface area contributed by atoms with E-state index in [2.05, 4.69) is 15.3 Å². The van der Waals surface area contributed by atoms with Gasteiger partial charge in [0.05, 0.1) is 24.7 Å². The van der Waals surface area contributed by atoms with Crippen molar-refractivity contribution in [2.45, 2.75) is 13.8 Å². The lowest BCUT2D eigenvalue weighted by Crippen LogP contribution is -2.04. The van der Waals surface area contributed by atoms with Gasteiger partial charge in [-0.1, -0.05) is 0 Å². The molecule has 3 aromatic rings. The standard InChI is InChI=1S/C18H17N3O4S.ClH/c1-4-25-17(22)11-5-7-12(8-6-11)21-15-13-10(2)14(18(23)24-3)26-16(13)20-9-19-15;/h5-9H,4H2,1-3H3,(H,19,20,21);1H. The molecule has 0 unspecified atom stereocenters. The molecule has 0 aliphatic heterocycles. The Balaban J connectivity index is 0.00000261. The first-order chi connectivity index (χ1) is 12.5. The monoisotopic (exact) mass is 407 g/mol. The van der Waals surface area contributed by atoms with Crippen molar-refractivity contribution in [2.24, 2.45) is 0 Å². The number of fused-ring (bicyclic) bond motifs is 1. The lowest BCUT2D eigenvalue weighted by molar-refractivity contribution is 0.0525. The molecule has 9 heteroatoms. The van der Waals surface area contributed by atoms with Gasteiger partial charge in [0.25, 0.3) is 0 Å². The third-order valence-corrected chi connectivity index (χ3v) is 4.94. The predicted octanol–water partition coefficient (Wildman–Crippen LogP) is 4.13. The number of carbonyl (C=O) groups excluding carboxylic acids is 2. The fourth-order valence-corrected chi connectivity index (χ4v) is 3.56. The zero-order chi connectivity index (χ0) is 18.7. The third-order valence-electron chi connectivity index (χ3n) is 3.76. The topological polar surface area (TPSA) is 90.4 Å². The second kappa shape index (κ2) is 8.79. The largest absolute Gasteiger partial charge is 0.465 e. The highest BCUT2D eigenvalue weighted by atomic mass is 35.5. The van der Waals surface area contributed by atoms with Gasteiger partial charge in [0.15, 0.2) is 0 Å². The average Bonchev–Trinajstić information content (AvgIpc) is 2.99. The molecule has 0 bridgehead atoms. The van der Waals surface area contributed by atoms with E-state index in [1.54, 1.807) is 31.2 Å². The number of benzene rings is 1. The highest BCUT2D eigenvalue weighted by Gasteiger charge is 2.19. The van der Waals surface area contributed by atoms with Gasteiger partial charge in [-0.3, -0.25) is 0 Å². The number of halogens is 1. The first kappa shape index (κ1) is 20.6. The van der Waals surface area contributed by atoms with Crippen LogP contribution in [-0.2, 0) is 9.47 Å². The van der Waals surface area contributed by atoms with Gasteiger partial charge in [-0.25, -0.2) is 19.6 Å². The minimum atomic E-state index is -0.393. The highest BCUT2D eigenvalue weighted by molar-refractivity contribution is 7.20. The van der Waals surface area contributed by atoms with Crippen LogP contribution in [0, 0.1) is 6.92 Å². The van der Waals surface area contributed by atoms with Gasteiger partial charge in [-0.15, -0.1) is 23.7 Å². The molecule has 7 nitrogen and oxygen atoms in total. The van der Waals surface area contributed by atoms with Gasteiger partial charge < -0.3 is 14.8 Å². The van der Waals surface area contributed by atoms with E-state index in [1.807, 2.05) is 6.92 Å². The van der Waals surface area contributed by atoms with Crippen molar-refractivity contribution in [1.29, 1.82) is 0 Å². The summed E-state index contributed by atoms with van der Waals surface area (Å²) in [5.41, 5.74) is 2.00. The maximum atomic E-state index is 11.9. The molecule has 0 radical (unpaired) electrons. The quantitative estimate of drug-likeness (QED) is 0.636. The van der Waals surface area contributed by atoms with Crippen LogP contribution in [0.3, 0.4) is 0 Å². The Bertz CT molecular complexity index is 973. The number of ether oxygens (including phenoxy) is 2. The number of anilines is 2. The van der Waals surface area contributed by atoms with Crippen LogP contribution in [-0.4, -0.2) is 35.6 Å². The molecule has 1 N–H and O–H groups in total. The number of nitrogens with one attached hydrogen (secondary N) is 1. The summed E-state index contributed by atoms with van der Waals surface area (Å²) in [4.78, 5) is 33.4. The number of aromatic nitrogens is 2. The minimum absolute atomic E-state index is 0. The van der Waals surface area contributed by atoms with Crippen LogP contribution in [0.15, 0.2) is 30.6 Å². The molecule has 0 amide bonds. The van der Waals surface area contributed by atoms with Gasteiger partial charge in [0.1, 0.15) is 21.9 Å². The smallest absolute Gasteiger partial charge is 0.348 e. The molecule has 142 valence electrons. The van der Waals surface area contributed by atoms with Crippen LogP contribution in [0.1, 0.15) is 32.5 Å². The molecule has 0 spiro atoms. The van der Waals surface area contributed by atoms with E-state index in [-0.39, 0.29) is 18.4 Å². The van der Waals surface area contributed by atoms with Crippen LogP contribution in [0.2, 0.25) is 0 Å². The van der Waals surface area contributed by atoms with E-state index in [1.165, 1.54) is 24.8 Å². The summed E-state index contributed by atoms with van der Waals surface area (Å²) in [6.07, 6.45) is 1.44. The summed E-state index contributed by atoms with van der Waals surface area (Å²) in [5.74, 6) is -0.169. The zero-order valence-electron chi connectivity index (χ0n) is 14.9. The summed E-state index contributed by atoms with van der Waals surface area (Å²) in [5, 5.41) is 3.98. The molecule has 0 aliphatic carbocycles. The van der Waals surface area contributed by atoms with Crippen LogP contribution in [0.25, 0.3) is 10.2 Å². The fourth-order valence-electron chi connectivity index (χ4n) is 2.49. The Morgan fingerprint density at radius 1 is 1.15 bits per heavy atom. The van der Waals surface area contributed by atoms with Crippen LogP contribution in [0.4, 0.5) is 11.5 Å². The molecule has 0 saturated carbocycles. The van der Waals surface area contributed by atoms with E-state index < -0.39 is 5.97 Å². The van der Waals surface area contributed by atoms with Crippen LogP contribution < -0.4 is 5.32 Å². The number of thiophene rings is 1. The van der Waals surface area contributed by atoms with Crippen molar-refractivity contribution >= 4 is 57.4 Å². The van der Waals surface area contributed by atoms with Crippen LogP contribution >= 0.6 is 23.7 Å². The second-order valence-corrected chi connectivity index (χ2v) is 6.37. The molecule has 1 aromatic carbocycles. The van der Waals surface area contributed by atoms with Gasteiger partial charge in [-0.2, -0.15) is 0 Å². The Morgan fingerprint density at radius 2 is 1.85 bits per heavy atom. The molecule has 2 aromatic heterocycles. The lowest BCUT2D eigenvalue weighted by atomic mass is 10.2. The van der Waals surface area contributed by atoms with E-state index in [0.29, 0.717) is 27.7 Å². The lowest BCUT2D eigenvalue weighted by Gasteiger charge is -2.08. The molecule has 0 aliphatic rings. The second-order valence-electron chi connectivity index (χ2n) is 5.37. The number of carbonyl (C=O) groups is 2. The number of methoxy groups -OCH3 is 1. The zero-order valence-corrected chi connectivity index (χ0v) is 16.6. The van der Waals surface area contributed by atoms with E-state index in [0.717, 1.165) is 16.6 Å². The minimum Gasteiger partial charge on any atom is -0.465 e. The molecular weight excluding hydrogens is 390 g/mol. The first-order valence-electron chi connectivity index (χ1n) is 7.91. The number of nitrogens with zero attached hydrogens (tertiary/aromatic N) is 2. The summed E-state index contributed by atoms with van der Waals surface area (Å²) >= 11 is 1.27. The Kier molecular flexibility index (Phi) is 6.70. The van der Waals surface area contributed by atoms with Gasteiger partial charge in [-0.05, 0) is 43.7 Å². The number of rotatable bonds is 5. The Hall–Kier alpha value is -2.71. The number of aryl methyl sites for hydroxylation is 1. The number of esters is 2. The van der Waals surface area contributed by atoms with E-state index in [4.69, 9.17) is 9.47 Å². The molecule has 27 heavy (non-hydrogen) atoms. The maximum absolute atomic E-state index is 11.9. The van der Waals surface area contributed by atoms with E-state index in [9.17, 15) is 9.59 Å². The van der Waals surface area contributed by atoms with Crippen molar-refractivity contribution in [3.05, 3.63) is 46.6 Å². The molecule has 2 heterocycles. The normalized spacial score (nSPS) is 10.2. The third kappa shape index (κ3) is 4.17. The SMILES string of the molecule is CCOC(=O)c1ccc(Nc2ncnc3sc(C(=O)OC)c(C)c23)cc1.Cl. The molecule has 0 atom stereocenters. The van der Waals surface area contributed by atoms with Crippen LogP contribution in [0.5, 0.6) is 0 Å². The maximum Gasteiger partial charge on any atom is 0.348 e. The molecule has 0 fully saturated rings. The summed E-state index contributed by atoms with van der Waals surface area (Å²) < 4.78 is 9.79. The fraction of sp³-hybridized carbons (Fsp3) is 0.222. The predicted molar refractivity (Wildman–Crippen MR) is 106 cm³/mol. The van der Waals surface area contributed by atoms with Crippen molar-refractivity contribution in [2.75, 3.05) is 19.0 Å². The molecular formula is C18H18ClN3O4S. The average molecular weight is 408 g/mol. The van der Waals surface area contributed by atoms with Crippen molar-refractivity contribution in [3.8, 4) is 0 Å². The highest BCUT2D eigenvalue weighted by Crippen LogP contribution is 2.34. The Labute approximate surface area is 166 Å². The summed E-state index contributed by atoms with van der Waals surface area (Å²) in [6, 6.07) is 6.89. The number of hydrogen-bond donors (Lipinski definition) is 1. The summed E-state index contributed by atoms with van der Waals surface area (Å²) in [6.45, 7) is 3.93. The van der Waals surface area contributed by atoms with Gasteiger partial charge in [0.2, 0.25) is 0 Å². The molecule has 3 rings (SSSR count). The first-order valence-corrected chi connectivity index (χ1v) is 8.73. The van der Waals surface area contributed by atoms with Gasteiger partial charge >= 0.3 is 11.9 Å². The Morgan fingerprint density at radius 3 is 2.48 bits per heavy atom. The van der Waals surface area contributed by atoms with Crippen molar-refractivity contribution in [1.82, 2.24) is 9.97 Å². The van der Waals surface area contributed by atoms with Crippen molar-refractivity contribution < 1.29 is 19.1 Å². The van der Waals surface area contributed by atoms with Crippen molar-refractivity contribution in [3.63, 3.8) is 0 Å². The number of hydrogen-bond acceptors (Lipinski definition) is 8.